The van der Waals surface area contributed by atoms with Crippen LogP contribution in [0.25, 0.3) is 0 Å². The van der Waals surface area contributed by atoms with E-state index in [0.717, 1.165) is 23.3 Å². The van der Waals surface area contributed by atoms with Crippen molar-refractivity contribution in [1.82, 2.24) is 20.5 Å². The maximum atomic E-state index is 4.08. The first kappa shape index (κ1) is 12.3. The van der Waals surface area contributed by atoms with E-state index >= 15 is 0 Å². The molecule has 0 saturated heterocycles. The highest BCUT2D eigenvalue weighted by Crippen LogP contribution is 2.16. The molecule has 0 radical (unpaired) electrons. The van der Waals surface area contributed by atoms with E-state index in [0.29, 0.717) is 6.04 Å². The van der Waals surface area contributed by atoms with Gasteiger partial charge in [-0.2, -0.15) is 5.10 Å². The third-order valence-corrected chi connectivity index (χ3v) is 3.18. The standard InChI is InChI=1S/C12H15BrN4/c1-9(10-2-4-11(13)5-3-10)14-7-6-12-15-8-16-17-12/h2-5,8-9,14H,6-7H2,1H3,(H,15,16,17). The Labute approximate surface area is 109 Å². The van der Waals surface area contributed by atoms with Gasteiger partial charge in [0.2, 0.25) is 0 Å². The van der Waals surface area contributed by atoms with Crippen molar-refractivity contribution in [3.63, 3.8) is 0 Å². The summed E-state index contributed by atoms with van der Waals surface area (Å²) < 4.78 is 1.11. The number of rotatable bonds is 5. The SMILES string of the molecule is CC(NCCc1ncn[nH]1)c1ccc(Br)cc1. The van der Waals surface area contributed by atoms with E-state index in [4.69, 9.17) is 0 Å². The zero-order valence-corrected chi connectivity index (χ0v) is 11.2. The molecule has 0 aliphatic carbocycles. The van der Waals surface area contributed by atoms with Gasteiger partial charge in [-0.25, -0.2) is 4.98 Å². The van der Waals surface area contributed by atoms with Crippen molar-refractivity contribution in [2.45, 2.75) is 19.4 Å². The summed E-state index contributed by atoms with van der Waals surface area (Å²) in [5, 5.41) is 10.1. The number of nitrogens with zero attached hydrogens (tertiary/aromatic N) is 2. The van der Waals surface area contributed by atoms with Crippen LogP contribution in [0.1, 0.15) is 24.4 Å². The Bertz CT molecular complexity index is 438. The van der Waals surface area contributed by atoms with Crippen LogP contribution in [0, 0.1) is 0 Å². The van der Waals surface area contributed by atoms with E-state index in [1.165, 1.54) is 11.9 Å². The van der Waals surface area contributed by atoms with Gasteiger partial charge in [-0.3, -0.25) is 5.10 Å². The van der Waals surface area contributed by atoms with Crippen LogP contribution in [0.5, 0.6) is 0 Å². The lowest BCUT2D eigenvalue weighted by Crippen LogP contribution is -2.21. The minimum Gasteiger partial charge on any atom is -0.310 e. The Morgan fingerprint density at radius 1 is 1.35 bits per heavy atom. The van der Waals surface area contributed by atoms with Gasteiger partial charge in [-0.05, 0) is 24.6 Å². The number of H-pyrrole nitrogens is 1. The molecule has 0 saturated carbocycles. The highest BCUT2D eigenvalue weighted by molar-refractivity contribution is 9.10. The van der Waals surface area contributed by atoms with Crippen molar-refractivity contribution in [1.29, 1.82) is 0 Å². The average molecular weight is 295 g/mol. The average Bonchev–Trinajstić information content (AvgIpc) is 2.83. The largest absolute Gasteiger partial charge is 0.310 e. The fourth-order valence-electron chi connectivity index (χ4n) is 1.63. The lowest BCUT2D eigenvalue weighted by molar-refractivity contribution is 0.570. The number of hydrogen-bond acceptors (Lipinski definition) is 3. The molecule has 17 heavy (non-hydrogen) atoms. The second kappa shape index (κ2) is 5.93. The predicted molar refractivity (Wildman–Crippen MR) is 70.6 cm³/mol. The van der Waals surface area contributed by atoms with Gasteiger partial charge in [0.15, 0.2) is 0 Å². The van der Waals surface area contributed by atoms with Crippen LogP contribution in [0.15, 0.2) is 35.1 Å². The summed E-state index contributed by atoms with van der Waals surface area (Å²) in [6, 6.07) is 8.70. The molecule has 1 aromatic heterocycles. The highest BCUT2D eigenvalue weighted by atomic mass is 79.9. The summed E-state index contributed by atoms with van der Waals surface area (Å²) in [6.45, 7) is 3.04. The van der Waals surface area contributed by atoms with Gasteiger partial charge in [-0.1, -0.05) is 28.1 Å². The van der Waals surface area contributed by atoms with Gasteiger partial charge in [-0.15, -0.1) is 0 Å². The Balaban J connectivity index is 1.81. The molecule has 0 bridgehead atoms. The molecule has 1 aromatic carbocycles. The van der Waals surface area contributed by atoms with Crippen LogP contribution < -0.4 is 5.32 Å². The zero-order chi connectivity index (χ0) is 12.1. The van der Waals surface area contributed by atoms with E-state index in [9.17, 15) is 0 Å². The van der Waals surface area contributed by atoms with Gasteiger partial charge in [0.1, 0.15) is 12.2 Å². The van der Waals surface area contributed by atoms with Crippen LogP contribution in [0.3, 0.4) is 0 Å². The summed E-state index contributed by atoms with van der Waals surface area (Å²) in [6.07, 6.45) is 2.40. The molecule has 0 fully saturated rings. The van der Waals surface area contributed by atoms with Crippen molar-refractivity contribution >= 4 is 15.9 Å². The molecule has 1 heterocycles. The predicted octanol–water partition coefficient (Wildman–Crippen LogP) is 2.46. The lowest BCUT2D eigenvalue weighted by atomic mass is 10.1. The Hall–Kier alpha value is -1.20. The fourth-order valence-corrected chi connectivity index (χ4v) is 1.89. The molecule has 4 nitrogen and oxygen atoms in total. The maximum Gasteiger partial charge on any atom is 0.137 e. The molecule has 0 spiro atoms. The first-order chi connectivity index (χ1) is 8.25. The molecule has 0 aliphatic rings. The van der Waals surface area contributed by atoms with Gasteiger partial charge in [0.25, 0.3) is 0 Å². The van der Waals surface area contributed by atoms with Gasteiger partial charge in [0, 0.05) is 23.5 Å². The minimum atomic E-state index is 0.339. The zero-order valence-electron chi connectivity index (χ0n) is 9.65. The number of benzene rings is 1. The van der Waals surface area contributed by atoms with Crippen LogP contribution in [-0.4, -0.2) is 21.7 Å². The maximum absolute atomic E-state index is 4.08. The fraction of sp³-hybridized carbons (Fsp3) is 0.333. The smallest absolute Gasteiger partial charge is 0.137 e. The van der Waals surface area contributed by atoms with E-state index in [1.807, 2.05) is 0 Å². The normalized spacial score (nSPS) is 12.6. The molecular weight excluding hydrogens is 280 g/mol. The number of halogens is 1. The quantitative estimate of drug-likeness (QED) is 0.891. The summed E-state index contributed by atoms with van der Waals surface area (Å²) in [5.74, 6) is 0.917. The van der Waals surface area contributed by atoms with E-state index in [1.54, 1.807) is 0 Å². The Morgan fingerprint density at radius 3 is 2.76 bits per heavy atom. The Kier molecular flexibility index (Phi) is 4.28. The third-order valence-electron chi connectivity index (χ3n) is 2.65. The monoisotopic (exact) mass is 294 g/mol. The van der Waals surface area contributed by atoms with Gasteiger partial charge < -0.3 is 5.32 Å². The minimum absolute atomic E-state index is 0.339. The molecule has 5 heteroatoms. The van der Waals surface area contributed by atoms with Crippen LogP contribution in [-0.2, 0) is 6.42 Å². The molecule has 1 unspecified atom stereocenters. The van der Waals surface area contributed by atoms with E-state index in [2.05, 4.69) is 67.6 Å². The molecule has 2 N–H and O–H groups in total. The summed E-state index contributed by atoms with van der Waals surface area (Å²) in [4.78, 5) is 4.08. The lowest BCUT2D eigenvalue weighted by Gasteiger charge is -2.13. The summed E-state index contributed by atoms with van der Waals surface area (Å²) in [7, 11) is 0. The summed E-state index contributed by atoms with van der Waals surface area (Å²) in [5.41, 5.74) is 1.28. The van der Waals surface area contributed by atoms with Crippen molar-refractivity contribution in [3.05, 3.63) is 46.5 Å². The van der Waals surface area contributed by atoms with Gasteiger partial charge >= 0.3 is 0 Å². The molecule has 2 rings (SSSR count). The second-order valence-electron chi connectivity index (χ2n) is 3.91. The van der Waals surface area contributed by atoms with Crippen molar-refractivity contribution in [2.75, 3.05) is 6.54 Å². The first-order valence-corrected chi connectivity index (χ1v) is 6.38. The Morgan fingerprint density at radius 2 is 2.12 bits per heavy atom. The first-order valence-electron chi connectivity index (χ1n) is 5.59. The number of aromatic amines is 1. The molecule has 0 amide bonds. The van der Waals surface area contributed by atoms with Gasteiger partial charge in [0.05, 0.1) is 0 Å². The highest BCUT2D eigenvalue weighted by Gasteiger charge is 2.04. The molecule has 2 aromatic rings. The molecular formula is C12H15BrN4. The van der Waals surface area contributed by atoms with Crippen molar-refractivity contribution in [3.8, 4) is 0 Å². The van der Waals surface area contributed by atoms with E-state index < -0.39 is 0 Å². The molecule has 90 valence electrons. The van der Waals surface area contributed by atoms with Crippen molar-refractivity contribution in [2.24, 2.45) is 0 Å². The van der Waals surface area contributed by atoms with Crippen LogP contribution in [0.2, 0.25) is 0 Å². The number of hydrogen-bond donors (Lipinski definition) is 2. The molecule has 0 aliphatic heterocycles. The van der Waals surface area contributed by atoms with E-state index in [-0.39, 0.29) is 0 Å². The number of nitrogens with one attached hydrogen (secondary N) is 2. The third kappa shape index (κ3) is 3.64. The summed E-state index contributed by atoms with van der Waals surface area (Å²) >= 11 is 3.43. The second-order valence-corrected chi connectivity index (χ2v) is 4.83. The van der Waals surface area contributed by atoms with Crippen molar-refractivity contribution < 1.29 is 0 Å². The van der Waals surface area contributed by atoms with Crippen LogP contribution >= 0.6 is 15.9 Å². The number of aromatic nitrogens is 3. The topological polar surface area (TPSA) is 53.6 Å². The van der Waals surface area contributed by atoms with Crippen LogP contribution in [0.4, 0.5) is 0 Å². The molecule has 1 atom stereocenters.